The van der Waals surface area contributed by atoms with Crippen molar-refractivity contribution in [3.63, 3.8) is 0 Å². The normalized spacial score (nSPS) is 15.8. The van der Waals surface area contributed by atoms with Crippen molar-refractivity contribution in [1.29, 1.82) is 0 Å². The SMILES string of the molecule is CC(C)(C)C(=O)OCOC(=O)C1CCc2c(c3ccccc3n2C(=O)c2ccccc2)C1. The van der Waals surface area contributed by atoms with E-state index >= 15 is 0 Å². The number of fused-ring (bicyclic) bond motifs is 3. The van der Waals surface area contributed by atoms with Crippen LogP contribution >= 0.6 is 0 Å². The number of hydrogen-bond donors (Lipinski definition) is 0. The smallest absolute Gasteiger partial charge is 0.314 e. The fraction of sp³-hybridized carbons (Fsp3) is 0.346. The van der Waals surface area contributed by atoms with Crippen LogP contribution in [-0.4, -0.2) is 29.2 Å². The van der Waals surface area contributed by atoms with E-state index in [0.717, 1.165) is 22.2 Å². The van der Waals surface area contributed by atoms with Gasteiger partial charge in [0.15, 0.2) is 0 Å². The molecule has 1 atom stereocenters. The van der Waals surface area contributed by atoms with E-state index < -0.39 is 11.4 Å². The maximum Gasteiger partial charge on any atom is 0.314 e. The van der Waals surface area contributed by atoms with Gasteiger partial charge in [-0.15, -0.1) is 0 Å². The first-order valence-corrected chi connectivity index (χ1v) is 10.8. The minimum atomic E-state index is -0.654. The molecule has 0 fully saturated rings. The lowest BCUT2D eigenvalue weighted by molar-refractivity contribution is -0.175. The summed E-state index contributed by atoms with van der Waals surface area (Å²) >= 11 is 0. The van der Waals surface area contributed by atoms with Gasteiger partial charge in [0.05, 0.1) is 16.8 Å². The van der Waals surface area contributed by atoms with Crippen molar-refractivity contribution in [3.8, 4) is 0 Å². The summed E-state index contributed by atoms with van der Waals surface area (Å²) in [5.74, 6) is -1.22. The number of para-hydroxylation sites is 1. The highest BCUT2D eigenvalue weighted by atomic mass is 16.7. The Morgan fingerprint density at radius 2 is 1.66 bits per heavy atom. The van der Waals surface area contributed by atoms with Gasteiger partial charge in [0, 0.05) is 16.6 Å². The third-order valence-electron chi connectivity index (χ3n) is 5.83. The van der Waals surface area contributed by atoms with Crippen LogP contribution in [0.1, 0.15) is 48.8 Å². The second-order valence-corrected chi connectivity index (χ2v) is 9.15. The first-order chi connectivity index (χ1) is 15.3. The lowest BCUT2D eigenvalue weighted by Crippen LogP contribution is -2.29. The first kappa shape index (κ1) is 21.8. The fourth-order valence-electron chi connectivity index (χ4n) is 4.13. The average Bonchev–Trinajstić information content (AvgIpc) is 3.12. The highest BCUT2D eigenvalue weighted by Gasteiger charge is 2.32. The van der Waals surface area contributed by atoms with Gasteiger partial charge in [-0.25, -0.2) is 0 Å². The molecule has 0 amide bonds. The summed E-state index contributed by atoms with van der Waals surface area (Å²) < 4.78 is 12.1. The highest BCUT2D eigenvalue weighted by Crippen LogP contribution is 2.35. The predicted molar refractivity (Wildman–Crippen MR) is 120 cm³/mol. The van der Waals surface area contributed by atoms with Gasteiger partial charge in [0.25, 0.3) is 5.91 Å². The Balaban J connectivity index is 1.56. The molecule has 2 aromatic carbocycles. The third kappa shape index (κ3) is 4.17. The van der Waals surface area contributed by atoms with Crippen molar-refractivity contribution < 1.29 is 23.9 Å². The Kier molecular flexibility index (Phi) is 5.87. The number of carbonyl (C=O) groups is 3. The second-order valence-electron chi connectivity index (χ2n) is 9.15. The maximum absolute atomic E-state index is 13.3. The summed E-state index contributed by atoms with van der Waals surface area (Å²) in [4.78, 5) is 37.8. The maximum atomic E-state index is 13.3. The van der Waals surface area contributed by atoms with Crippen LogP contribution in [0, 0.1) is 11.3 Å². The van der Waals surface area contributed by atoms with Crippen molar-refractivity contribution in [3.05, 3.63) is 71.4 Å². The Morgan fingerprint density at radius 1 is 0.969 bits per heavy atom. The van der Waals surface area contributed by atoms with Gasteiger partial charge in [-0.2, -0.15) is 0 Å². The third-order valence-corrected chi connectivity index (χ3v) is 5.83. The number of hydrogen-bond acceptors (Lipinski definition) is 5. The van der Waals surface area contributed by atoms with Crippen LogP contribution in [0.25, 0.3) is 10.9 Å². The van der Waals surface area contributed by atoms with E-state index in [0.29, 0.717) is 24.8 Å². The quantitative estimate of drug-likeness (QED) is 0.447. The number of esters is 2. The Morgan fingerprint density at radius 3 is 2.38 bits per heavy atom. The van der Waals surface area contributed by atoms with E-state index in [1.54, 1.807) is 25.3 Å². The van der Waals surface area contributed by atoms with Crippen molar-refractivity contribution in [2.45, 2.75) is 40.0 Å². The van der Waals surface area contributed by atoms with Crippen LogP contribution < -0.4 is 0 Å². The lowest BCUT2D eigenvalue weighted by Gasteiger charge is -2.23. The largest absolute Gasteiger partial charge is 0.428 e. The molecule has 1 aliphatic rings. The number of rotatable bonds is 4. The van der Waals surface area contributed by atoms with Crippen LogP contribution in [0.3, 0.4) is 0 Å². The molecule has 0 spiro atoms. The zero-order valence-corrected chi connectivity index (χ0v) is 18.6. The monoisotopic (exact) mass is 433 g/mol. The van der Waals surface area contributed by atoms with E-state index in [1.165, 1.54) is 0 Å². The summed E-state index contributed by atoms with van der Waals surface area (Å²) in [5.41, 5.74) is 2.77. The molecule has 0 saturated heterocycles. The predicted octanol–water partition coefficient (Wildman–Crippen LogP) is 4.52. The minimum absolute atomic E-state index is 0.0711. The van der Waals surface area contributed by atoms with Gasteiger partial charge < -0.3 is 9.47 Å². The van der Waals surface area contributed by atoms with Crippen LogP contribution in [0.15, 0.2) is 54.6 Å². The number of benzene rings is 2. The summed E-state index contributed by atoms with van der Waals surface area (Å²) in [7, 11) is 0. The molecular formula is C26H27NO5. The van der Waals surface area contributed by atoms with E-state index in [1.807, 2.05) is 54.6 Å². The van der Waals surface area contributed by atoms with Crippen LogP contribution in [0.5, 0.6) is 0 Å². The number of carbonyl (C=O) groups excluding carboxylic acids is 3. The molecule has 166 valence electrons. The summed E-state index contributed by atoms with van der Waals surface area (Å²) in [6.07, 6.45) is 1.64. The Bertz CT molecular complexity index is 1170. The summed E-state index contributed by atoms with van der Waals surface area (Å²) in [6, 6.07) is 17.0. The standard InChI is InChI=1S/C26H27NO5/c1-26(2,3)25(30)32-16-31-24(29)18-13-14-22-20(15-18)19-11-7-8-12-21(19)27(22)23(28)17-9-5-4-6-10-17/h4-12,18H,13-16H2,1-3H3. The van der Waals surface area contributed by atoms with Crippen molar-refractivity contribution in [1.82, 2.24) is 4.57 Å². The Hall–Kier alpha value is -3.41. The van der Waals surface area contributed by atoms with Gasteiger partial charge in [0.1, 0.15) is 0 Å². The van der Waals surface area contributed by atoms with E-state index in [2.05, 4.69) is 0 Å². The molecule has 1 aromatic heterocycles. The lowest BCUT2D eigenvalue weighted by atomic mass is 9.86. The molecule has 6 nitrogen and oxygen atoms in total. The zero-order chi connectivity index (χ0) is 22.9. The zero-order valence-electron chi connectivity index (χ0n) is 18.6. The van der Waals surface area contributed by atoms with Crippen LogP contribution in [0.4, 0.5) is 0 Å². The first-order valence-electron chi connectivity index (χ1n) is 10.8. The highest BCUT2D eigenvalue weighted by molar-refractivity contribution is 6.04. The molecule has 0 N–H and O–H groups in total. The molecule has 1 aliphatic carbocycles. The van der Waals surface area contributed by atoms with Crippen molar-refractivity contribution in [2.75, 3.05) is 6.79 Å². The number of nitrogens with zero attached hydrogens (tertiary/aromatic N) is 1. The molecule has 0 aliphatic heterocycles. The second kappa shape index (κ2) is 8.61. The van der Waals surface area contributed by atoms with Gasteiger partial charge in [-0.05, 0) is 63.8 Å². The molecule has 0 bridgehead atoms. The molecule has 1 unspecified atom stereocenters. The molecule has 1 heterocycles. The van der Waals surface area contributed by atoms with Crippen LogP contribution in [0.2, 0.25) is 0 Å². The molecule has 3 aromatic rings. The van der Waals surface area contributed by atoms with E-state index in [4.69, 9.17) is 9.47 Å². The molecule has 4 rings (SSSR count). The fourth-order valence-corrected chi connectivity index (χ4v) is 4.13. The molecule has 0 saturated carbocycles. The van der Waals surface area contributed by atoms with Crippen LogP contribution in [-0.2, 0) is 31.9 Å². The minimum Gasteiger partial charge on any atom is -0.428 e. The van der Waals surface area contributed by atoms with Gasteiger partial charge in [-0.3, -0.25) is 19.0 Å². The summed E-state index contributed by atoms with van der Waals surface area (Å²) in [6.45, 7) is 4.84. The van der Waals surface area contributed by atoms with E-state index in [-0.39, 0.29) is 24.6 Å². The van der Waals surface area contributed by atoms with E-state index in [9.17, 15) is 14.4 Å². The molecule has 6 heteroatoms. The Labute approximate surface area is 187 Å². The number of aromatic nitrogens is 1. The topological polar surface area (TPSA) is 74.6 Å². The van der Waals surface area contributed by atoms with Crippen molar-refractivity contribution in [2.24, 2.45) is 11.3 Å². The molecule has 0 radical (unpaired) electrons. The average molecular weight is 434 g/mol. The van der Waals surface area contributed by atoms with Gasteiger partial charge in [-0.1, -0.05) is 36.4 Å². The number of ether oxygens (including phenoxy) is 2. The van der Waals surface area contributed by atoms with Gasteiger partial charge in [0.2, 0.25) is 6.79 Å². The van der Waals surface area contributed by atoms with Crippen molar-refractivity contribution >= 4 is 28.7 Å². The molecule has 32 heavy (non-hydrogen) atoms. The summed E-state index contributed by atoms with van der Waals surface area (Å²) in [5, 5.41) is 0.975. The van der Waals surface area contributed by atoms with Gasteiger partial charge >= 0.3 is 11.9 Å². The molecular weight excluding hydrogens is 406 g/mol.